The van der Waals surface area contributed by atoms with Gasteiger partial charge in [-0.25, -0.2) is 4.98 Å². The number of likely N-dealkylation sites (tertiary alicyclic amines) is 1. The predicted octanol–water partition coefficient (Wildman–Crippen LogP) is 2.50. The molecule has 1 N–H and O–H groups in total. The molecule has 2 aromatic rings. The van der Waals surface area contributed by atoms with Crippen molar-refractivity contribution in [2.45, 2.75) is 23.9 Å². The van der Waals surface area contributed by atoms with E-state index in [-0.39, 0.29) is 35.6 Å². The van der Waals surface area contributed by atoms with Crippen LogP contribution >= 0.6 is 11.8 Å². The van der Waals surface area contributed by atoms with Crippen molar-refractivity contribution in [2.75, 3.05) is 33.6 Å². The van der Waals surface area contributed by atoms with Gasteiger partial charge < -0.3 is 19.7 Å². The summed E-state index contributed by atoms with van der Waals surface area (Å²) in [6, 6.07) is 6.99. The summed E-state index contributed by atoms with van der Waals surface area (Å²) in [6.07, 6.45) is 5.58. The van der Waals surface area contributed by atoms with Gasteiger partial charge in [0.2, 0.25) is 11.8 Å². The number of rotatable bonds is 6. The van der Waals surface area contributed by atoms with Crippen LogP contribution in [0.1, 0.15) is 33.6 Å². The molecular weight excluding hydrogens is 416 g/mol. The number of carbonyl (C=O) groups is 2. The summed E-state index contributed by atoms with van der Waals surface area (Å²) in [5.41, 5.74) is 1.02. The van der Waals surface area contributed by atoms with E-state index in [0.717, 1.165) is 17.9 Å². The van der Waals surface area contributed by atoms with Crippen LogP contribution in [0.25, 0.3) is 0 Å². The Morgan fingerprint density at radius 2 is 1.84 bits per heavy atom. The summed E-state index contributed by atoms with van der Waals surface area (Å²) in [4.78, 5) is 36.5. The summed E-state index contributed by atoms with van der Waals surface area (Å²) in [7, 11) is 3.01. The quantitative estimate of drug-likeness (QED) is 0.687. The molecule has 2 bridgehead atoms. The second-order valence-electron chi connectivity index (χ2n) is 7.78. The highest BCUT2D eigenvalue weighted by Gasteiger charge is 2.44. The van der Waals surface area contributed by atoms with E-state index in [0.29, 0.717) is 30.1 Å². The van der Waals surface area contributed by atoms with Crippen LogP contribution in [0.5, 0.6) is 11.8 Å². The summed E-state index contributed by atoms with van der Waals surface area (Å²) in [5, 5.41) is 3.95. The predicted molar refractivity (Wildman–Crippen MR) is 117 cm³/mol. The SMILES string of the molecule is COc1ccc(C(=O)N2C[C@H]3CC[C@@H](C2)C3NC(=O)c2cccnc2SC)c(OC)n1. The number of thioether (sulfide) groups is 1. The number of carbonyl (C=O) groups excluding carboxylic acids is 2. The third-order valence-electron chi connectivity index (χ3n) is 6.10. The lowest BCUT2D eigenvalue weighted by Crippen LogP contribution is -2.54. The first-order chi connectivity index (χ1) is 15.0. The lowest BCUT2D eigenvalue weighted by atomic mass is 9.91. The van der Waals surface area contributed by atoms with Gasteiger partial charge in [0, 0.05) is 31.4 Å². The van der Waals surface area contributed by atoms with Gasteiger partial charge in [-0.15, -0.1) is 11.8 Å². The molecule has 0 aromatic carbocycles. The standard InChI is InChI=1S/C22H26N4O4S/c1-29-17-9-8-16(20(24-17)30-2)22(28)26-11-13-6-7-14(12-26)18(13)25-19(27)15-5-4-10-23-21(15)31-3/h4-5,8-10,13-14,18H,6-7,11-12H2,1-3H3,(H,25,27)/t13-,14+,18?. The van der Waals surface area contributed by atoms with E-state index in [1.165, 1.54) is 26.0 Å². The van der Waals surface area contributed by atoms with Gasteiger partial charge in [-0.3, -0.25) is 9.59 Å². The van der Waals surface area contributed by atoms with E-state index in [2.05, 4.69) is 15.3 Å². The van der Waals surface area contributed by atoms with Crippen molar-refractivity contribution < 1.29 is 19.1 Å². The molecule has 1 unspecified atom stereocenters. The van der Waals surface area contributed by atoms with Crippen molar-refractivity contribution in [1.29, 1.82) is 0 Å². The normalized spacial score (nSPS) is 22.2. The third-order valence-corrected chi connectivity index (χ3v) is 6.81. The van der Waals surface area contributed by atoms with Crippen LogP contribution in [-0.4, -0.2) is 66.3 Å². The number of piperidine rings is 1. The van der Waals surface area contributed by atoms with Crippen molar-refractivity contribution in [3.8, 4) is 11.8 Å². The van der Waals surface area contributed by atoms with Crippen LogP contribution in [0, 0.1) is 11.8 Å². The topological polar surface area (TPSA) is 93.7 Å². The van der Waals surface area contributed by atoms with Crippen LogP contribution in [0.3, 0.4) is 0 Å². The minimum absolute atomic E-state index is 0.0577. The van der Waals surface area contributed by atoms with Gasteiger partial charge in [0.15, 0.2) is 0 Å². The Bertz CT molecular complexity index is 972. The molecule has 31 heavy (non-hydrogen) atoms. The Hall–Kier alpha value is -2.81. The van der Waals surface area contributed by atoms with Crippen molar-refractivity contribution >= 4 is 23.6 Å². The fourth-order valence-electron chi connectivity index (χ4n) is 4.61. The molecule has 164 valence electrons. The van der Waals surface area contributed by atoms with Crippen molar-refractivity contribution in [1.82, 2.24) is 20.2 Å². The lowest BCUT2D eigenvalue weighted by Gasteiger charge is -2.38. The summed E-state index contributed by atoms with van der Waals surface area (Å²) >= 11 is 1.46. The second kappa shape index (κ2) is 9.13. The molecule has 9 heteroatoms. The minimum atomic E-state index is -0.106. The number of nitrogens with zero attached hydrogens (tertiary/aromatic N) is 3. The summed E-state index contributed by atoms with van der Waals surface area (Å²) in [6.45, 7) is 1.19. The molecule has 2 amide bonds. The fourth-order valence-corrected chi connectivity index (χ4v) is 5.15. The maximum Gasteiger partial charge on any atom is 0.259 e. The number of amides is 2. The molecule has 1 saturated heterocycles. The average Bonchev–Trinajstić information content (AvgIpc) is 3.04. The smallest absolute Gasteiger partial charge is 0.259 e. The molecule has 8 nitrogen and oxygen atoms in total. The van der Waals surface area contributed by atoms with Crippen LogP contribution in [0.15, 0.2) is 35.5 Å². The minimum Gasteiger partial charge on any atom is -0.481 e. The Kier molecular flexibility index (Phi) is 6.31. The Morgan fingerprint density at radius 3 is 2.48 bits per heavy atom. The number of ether oxygens (including phenoxy) is 2. The van der Waals surface area contributed by atoms with Crippen LogP contribution in [0.4, 0.5) is 0 Å². The number of fused-ring (bicyclic) bond motifs is 2. The molecule has 0 radical (unpaired) electrons. The maximum absolute atomic E-state index is 13.2. The van der Waals surface area contributed by atoms with Gasteiger partial charge in [-0.05, 0) is 49.1 Å². The molecule has 1 aliphatic heterocycles. The molecule has 2 aliphatic rings. The number of hydrogen-bond acceptors (Lipinski definition) is 7. The Labute approximate surface area is 185 Å². The molecule has 1 aliphatic carbocycles. The lowest BCUT2D eigenvalue weighted by molar-refractivity contribution is 0.0594. The molecule has 1 saturated carbocycles. The molecular formula is C22H26N4O4S. The Morgan fingerprint density at radius 1 is 1.10 bits per heavy atom. The molecule has 3 heterocycles. The molecule has 4 rings (SSSR count). The van der Waals surface area contributed by atoms with Crippen LogP contribution in [-0.2, 0) is 0 Å². The molecule has 0 spiro atoms. The average molecular weight is 443 g/mol. The highest BCUT2D eigenvalue weighted by atomic mass is 32.2. The van der Waals surface area contributed by atoms with E-state index >= 15 is 0 Å². The monoisotopic (exact) mass is 442 g/mol. The number of hydrogen-bond donors (Lipinski definition) is 1. The zero-order valence-corrected chi connectivity index (χ0v) is 18.6. The first-order valence-corrected chi connectivity index (χ1v) is 11.5. The van der Waals surface area contributed by atoms with Gasteiger partial charge in [-0.1, -0.05) is 0 Å². The van der Waals surface area contributed by atoms with Gasteiger partial charge in [0.05, 0.1) is 19.8 Å². The van der Waals surface area contributed by atoms with E-state index in [4.69, 9.17) is 9.47 Å². The largest absolute Gasteiger partial charge is 0.481 e. The van der Waals surface area contributed by atoms with E-state index < -0.39 is 0 Å². The number of methoxy groups -OCH3 is 2. The fraction of sp³-hybridized carbons (Fsp3) is 0.455. The maximum atomic E-state index is 13.2. The molecule has 3 atom stereocenters. The zero-order chi connectivity index (χ0) is 22.0. The first-order valence-electron chi connectivity index (χ1n) is 10.2. The van der Waals surface area contributed by atoms with Gasteiger partial charge in [-0.2, -0.15) is 4.98 Å². The van der Waals surface area contributed by atoms with Crippen molar-refractivity contribution in [3.05, 3.63) is 41.6 Å². The van der Waals surface area contributed by atoms with E-state index in [1.807, 2.05) is 11.2 Å². The highest BCUT2D eigenvalue weighted by Crippen LogP contribution is 2.38. The second-order valence-corrected chi connectivity index (χ2v) is 8.57. The van der Waals surface area contributed by atoms with Crippen molar-refractivity contribution in [2.24, 2.45) is 11.8 Å². The van der Waals surface area contributed by atoms with Crippen molar-refractivity contribution in [3.63, 3.8) is 0 Å². The van der Waals surface area contributed by atoms with E-state index in [1.54, 1.807) is 30.5 Å². The third kappa shape index (κ3) is 4.19. The summed E-state index contributed by atoms with van der Waals surface area (Å²) < 4.78 is 10.4. The van der Waals surface area contributed by atoms with Crippen LogP contribution in [0.2, 0.25) is 0 Å². The van der Waals surface area contributed by atoms with E-state index in [9.17, 15) is 9.59 Å². The first kappa shape index (κ1) is 21.4. The van der Waals surface area contributed by atoms with Gasteiger partial charge in [0.25, 0.3) is 11.8 Å². The molecule has 2 fully saturated rings. The number of pyridine rings is 2. The van der Waals surface area contributed by atoms with Gasteiger partial charge in [0.1, 0.15) is 10.6 Å². The highest BCUT2D eigenvalue weighted by molar-refractivity contribution is 7.98. The number of nitrogens with one attached hydrogen (secondary N) is 1. The molecule has 2 aromatic heterocycles. The zero-order valence-electron chi connectivity index (χ0n) is 17.8. The summed E-state index contributed by atoms with van der Waals surface area (Å²) in [5.74, 6) is 0.894. The Balaban J connectivity index is 1.47. The van der Waals surface area contributed by atoms with Gasteiger partial charge >= 0.3 is 0 Å². The van der Waals surface area contributed by atoms with Crippen LogP contribution < -0.4 is 14.8 Å². The number of aromatic nitrogens is 2.